The minimum absolute atomic E-state index is 0.0821. The van der Waals surface area contributed by atoms with Crippen molar-refractivity contribution in [3.8, 4) is 0 Å². The molecule has 43 heavy (non-hydrogen) atoms. The SMILES string of the molecule is CC(C)(C)N(c1ccccc1)c1ccc(N(c2ccccc2)c2ccc(N(c3ccccc3)c3ccccc3)cc2)cc1. The molecule has 0 aliphatic carbocycles. The molecule has 0 atom stereocenters. The fraction of sp³-hybridized carbons (Fsp3) is 0.100. The van der Waals surface area contributed by atoms with Crippen LogP contribution in [0.4, 0.5) is 45.5 Å². The van der Waals surface area contributed by atoms with E-state index in [2.05, 4.69) is 205 Å². The van der Waals surface area contributed by atoms with Crippen LogP contribution >= 0.6 is 0 Å². The first-order chi connectivity index (χ1) is 21.0. The van der Waals surface area contributed by atoms with E-state index in [9.17, 15) is 0 Å². The Balaban J connectivity index is 1.38. The quantitative estimate of drug-likeness (QED) is 0.184. The molecule has 0 aromatic heterocycles. The van der Waals surface area contributed by atoms with Crippen molar-refractivity contribution < 1.29 is 0 Å². The van der Waals surface area contributed by atoms with Gasteiger partial charge in [0.1, 0.15) is 0 Å². The Bertz CT molecular complexity index is 1670. The third-order valence-corrected chi connectivity index (χ3v) is 7.46. The van der Waals surface area contributed by atoms with Gasteiger partial charge in [-0.25, -0.2) is 0 Å². The molecule has 0 heterocycles. The fourth-order valence-corrected chi connectivity index (χ4v) is 5.63. The monoisotopic (exact) mass is 559 g/mol. The summed E-state index contributed by atoms with van der Waals surface area (Å²) in [6, 6.07) is 59.9. The minimum atomic E-state index is -0.0821. The van der Waals surface area contributed by atoms with Gasteiger partial charge in [0.05, 0.1) is 0 Å². The molecule has 6 aromatic rings. The van der Waals surface area contributed by atoms with Crippen LogP contribution < -0.4 is 14.7 Å². The molecule has 0 amide bonds. The van der Waals surface area contributed by atoms with Gasteiger partial charge in [-0.05, 0) is 118 Å². The van der Waals surface area contributed by atoms with Crippen molar-refractivity contribution in [3.63, 3.8) is 0 Å². The first-order valence-corrected chi connectivity index (χ1v) is 14.8. The van der Waals surface area contributed by atoms with Crippen LogP contribution in [0.2, 0.25) is 0 Å². The maximum Gasteiger partial charge on any atom is 0.0463 e. The van der Waals surface area contributed by atoms with Gasteiger partial charge in [0, 0.05) is 51.0 Å². The first-order valence-electron chi connectivity index (χ1n) is 14.8. The van der Waals surface area contributed by atoms with E-state index >= 15 is 0 Å². The van der Waals surface area contributed by atoms with Crippen molar-refractivity contribution in [2.24, 2.45) is 0 Å². The second-order valence-electron chi connectivity index (χ2n) is 11.6. The lowest BCUT2D eigenvalue weighted by Gasteiger charge is -2.38. The molecule has 3 heteroatoms. The fourth-order valence-electron chi connectivity index (χ4n) is 5.63. The van der Waals surface area contributed by atoms with E-state index < -0.39 is 0 Å². The highest BCUT2D eigenvalue weighted by Gasteiger charge is 2.24. The topological polar surface area (TPSA) is 9.72 Å². The summed E-state index contributed by atoms with van der Waals surface area (Å²) >= 11 is 0. The largest absolute Gasteiger partial charge is 0.336 e. The van der Waals surface area contributed by atoms with Crippen LogP contribution in [0.1, 0.15) is 20.8 Å². The van der Waals surface area contributed by atoms with Gasteiger partial charge in [0.15, 0.2) is 0 Å². The Morgan fingerprint density at radius 1 is 0.279 bits per heavy atom. The summed E-state index contributed by atoms with van der Waals surface area (Å²) in [5, 5.41) is 0. The molecular weight excluding hydrogens is 522 g/mol. The zero-order valence-corrected chi connectivity index (χ0v) is 25.0. The van der Waals surface area contributed by atoms with E-state index in [0.717, 1.165) is 39.8 Å². The molecule has 212 valence electrons. The van der Waals surface area contributed by atoms with E-state index in [1.165, 1.54) is 5.69 Å². The van der Waals surface area contributed by atoms with Crippen molar-refractivity contribution >= 4 is 45.5 Å². The number of hydrogen-bond donors (Lipinski definition) is 0. The Kier molecular flexibility index (Phi) is 7.97. The van der Waals surface area contributed by atoms with Crippen LogP contribution in [0.5, 0.6) is 0 Å². The van der Waals surface area contributed by atoms with Gasteiger partial charge in [-0.3, -0.25) is 0 Å². The standard InChI is InChI=1S/C40H37N3/c1-40(2,3)43(38-22-14-7-15-23-38)39-30-28-37(29-31-39)42(34-20-12-6-13-21-34)36-26-24-35(25-27-36)41(32-16-8-4-9-17-32)33-18-10-5-11-19-33/h4-31H,1-3H3. The number of rotatable bonds is 8. The van der Waals surface area contributed by atoms with Crippen molar-refractivity contribution in [1.82, 2.24) is 0 Å². The number of anilines is 8. The van der Waals surface area contributed by atoms with E-state index in [0.29, 0.717) is 0 Å². The average Bonchev–Trinajstić information content (AvgIpc) is 3.04. The highest BCUT2D eigenvalue weighted by Crippen LogP contribution is 2.40. The Morgan fingerprint density at radius 2 is 0.488 bits per heavy atom. The molecule has 0 fully saturated rings. The maximum absolute atomic E-state index is 2.39. The lowest BCUT2D eigenvalue weighted by molar-refractivity contribution is 0.560. The highest BCUT2D eigenvalue weighted by molar-refractivity contribution is 5.81. The van der Waals surface area contributed by atoms with Gasteiger partial charge in [0.25, 0.3) is 0 Å². The Morgan fingerprint density at radius 3 is 0.767 bits per heavy atom. The van der Waals surface area contributed by atoms with Gasteiger partial charge >= 0.3 is 0 Å². The highest BCUT2D eigenvalue weighted by atomic mass is 15.2. The van der Waals surface area contributed by atoms with E-state index in [1.807, 2.05) is 0 Å². The molecule has 0 aliphatic rings. The molecule has 0 bridgehead atoms. The molecule has 0 radical (unpaired) electrons. The van der Waals surface area contributed by atoms with Crippen LogP contribution in [0, 0.1) is 0 Å². The zero-order chi connectivity index (χ0) is 29.6. The summed E-state index contributed by atoms with van der Waals surface area (Å²) in [7, 11) is 0. The molecule has 0 spiro atoms. The molecule has 0 N–H and O–H groups in total. The van der Waals surface area contributed by atoms with Crippen molar-refractivity contribution in [1.29, 1.82) is 0 Å². The van der Waals surface area contributed by atoms with Gasteiger partial charge in [-0.15, -0.1) is 0 Å². The van der Waals surface area contributed by atoms with Crippen molar-refractivity contribution in [2.75, 3.05) is 14.7 Å². The molecule has 6 aromatic carbocycles. The van der Waals surface area contributed by atoms with Crippen LogP contribution in [0.3, 0.4) is 0 Å². The second kappa shape index (κ2) is 12.3. The number of nitrogens with zero attached hydrogens (tertiary/aromatic N) is 3. The average molecular weight is 560 g/mol. The van der Waals surface area contributed by atoms with E-state index in [4.69, 9.17) is 0 Å². The van der Waals surface area contributed by atoms with E-state index in [-0.39, 0.29) is 5.54 Å². The molecule has 3 nitrogen and oxygen atoms in total. The Hall–Kier alpha value is -5.28. The summed E-state index contributed by atoms with van der Waals surface area (Å²) in [5.41, 5.74) is 8.92. The summed E-state index contributed by atoms with van der Waals surface area (Å²) in [5.74, 6) is 0. The summed E-state index contributed by atoms with van der Waals surface area (Å²) in [4.78, 5) is 6.99. The summed E-state index contributed by atoms with van der Waals surface area (Å²) < 4.78 is 0. The second-order valence-corrected chi connectivity index (χ2v) is 11.6. The van der Waals surface area contributed by atoms with Gasteiger partial charge in [-0.2, -0.15) is 0 Å². The van der Waals surface area contributed by atoms with Crippen LogP contribution in [-0.2, 0) is 0 Å². The third-order valence-electron chi connectivity index (χ3n) is 7.46. The number of para-hydroxylation sites is 4. The molecular formula is C40H37N3. The third kappa shape index (κ3) is 6.17. The molecule has 0 saturated carbocycles. The lowest BCUT2D eigenvalue weighted by atomic mass is 10.0. The molecule has 0 aliphatic heterocycles. The number of benzene rings is 6. The van der Waals surface area contributed by atoms with Crippen molar-refractivity contribution in [3.05, 3.63) is 170 Å². The molecule has 6 rings (SSSR count). The zero-order valence-electron chi connectivity index (χ0n) is 25.0. The van der Waals surface area contributed by atoms with Crippen molar-refractivity contribution in [2.45, 2.75) is 26.3 Å². The van der Waals surface area contributed by atoms with Gasteiger partial charge < -0.3 is 14.7 Å². The molecule has 0 unspecified atom stereocenters. The lowest BCUT2D eigenvalue weighted by Crippen LogP contribution is -2.37. The predicted molar refractivity (Wildman–Crippen MR) is 184 cm³/mol. The van der Waals surface area contributed by atoms with Crippen LogP contribution in [0.25, 0.3) is 0 Å². The predicted octanol–water partition coefficient (Wildman–Crippen LogP) is 11.6. The Labute approximate surface area is 255 Å². The van der Waals surface area contributed by atoms with Crippen LogP contribution in [0.15, 0.2) is 170 Å². The van der Waals surface area contributed by atoms with Gasteiger partial charge in [0.2, 0.25) is 0 Å². The van der Waals surface area contributed by atoms with E-state index in [1.54, 1.807) is 0 Å². The summed E-state index contributed by atoms with van der Waals surface area (Å²) in [6.07, 6.45) is 0. The smallest absolute Gasteiger partial charge is 0.0463 e. The van der Waals surface area contributed by atoms with Gasteiger partial charge in [-0.1, -0.05) is 72.8 Å². The minimum Gasteiger partial charge on any atom is -0.336 e. The normalized spacial score (nSPS) is 11.1. The molecule has 0 saturated heterocycles. The van der Waals surface area contributed by atoms with Crippen LogP contribution in [-0.4, -0.2) is 5.54 Å². The first kappa shape index (κ1) is 27.9. The number of hydrogen-bond acceptors (Lipinski definition) is 3. The summed E-state index contributed by atoms with van der Waals surface area (Å²) in [6.45, 7) is 6.75. The maximum atomic E-state index is 2.39.